The highest BCUT2D eigenvalue weighted by Crippen LogP contribution is 2.23. The van der Waals surface area contributed by atoms with Crippen molar-refractivity contribution >= 4 is 28.7 Å². The highest BCUT2D eigenvalue weighted by atomic mass is 127. The Kier molecular flexibility index (Phi) is 4.05. The van der Waals surface area contributed by atoms with Gasteiger partial charge in [0.15, 0.2) is 0 Å². The maximum atomic E-state index is 12.0. The van der Waals surface area contributed by atoms with Crippen molar-refractivity contribution in [2.45, 2.75) is 46.1 Å². The van der Waals surface area contributed by atoms with E-state index in [0.717, 1.165) is 9.26 Å². The minimum absolute atomic E-state index is 0.0787. The van der Waals surface area contributed by atoms with Gasteiger partial charge in [-0.2, -0.15) is 5.10 Å². The first-order chi connectivity index (χ1) is 8.81. The topological polar surface area (TPSA) is 67.6 Å². The molecule has 0 aliphatic carbocycles. The van der Waals surface area contributed by atoms with Crippen LogP contribution >= 0.6 is 22.6 Å². The van der Waals surface area contributed by atoms with Crippen LogP contribution in [0.25, 0.3) is 0 Å². The van der Waals surface area contributed by atoms with E-state index in [2.05, 4.69) is 27.7 Å². The molecule has 0 aromatic carbocycles. The third-order valence-electron chi connectivity index (χ3n) is 2.78. The molecule has 0 unspecified atom stereocenters. The largest absolute Gasteiger partial charge is 0.444 e. The molecule has 0 atom stereocenters. The van der Waals surface area contributed by atoms with Gasteiger partial charge in [0, 0.05) is 6.54 Å². The van der Waals surface area contributed by atoms with E-state index in [0.29, 0.717) is 25.3 Å². The van der Waals surface area contributed by atoms with E-state index in [1.54, 1.807) is 4.90 Å². The summed E-state index contributed by atoms with van der Waals surface area (Å²) in [6, 6.07) is 0. The molecule has 0 saturated heterocycles. The predicted octanol–water partition coefficient (Wildman–Crippen LogP) is 1.73. The minimum Gasteiger partial charge on any atom is -0.444 e. The molecule has 2 heterocycles. The number of halogens is 1. The number of aliphatic hydroxyl groups excluding tert-OH is 1. The van der Waals surface area contributed by atoms with Gasteiger partial charge in [0.25, 0.3) is 0 Å². The van der Waals surface area contributed by atoms with E-state index in [1.807, 2.05) is 25.5 Å². The maximum Gasteiger partial charge on any atom is 0.410 e. The van der Waals surface area contributed by atoms with Crippen molar-refractivity contribution in [1.82, 2.24) is 14.7 Å². The molecule has 0 saturated carbocycles. The summed E-state index contributed by atoms with van der Waals surface area (Å²) in [6.07, 6.45) is -0.304. The van der Waals surface area contributed by atoms with Gasteiger partial charge < -0.3 is 14.7 Å². The summed E-state index contributed by atoms with van der Waals surface area (Å²) in [5.41, 5.74) is 1.14. The lowest BCUT2D eigenvalue weighted by Gasteiger charge is -2.30. The van der Waals surface area contributed by atoms with Crippen LogP contribution < -0.4 is 0 Å². The monoisotopic (exact) mass is 379 g/mol. The molecule has 1 amide bonds. The van der Waals surface area contributed by atoms with Crippen LogP contribution in [0, 0.1) is 3.57 Å². The lowest BCUT2D eigenvalue weighted by Crippen LogP contribution is -2.41. The summed E-state index contributed by atoms with van der Waals surface area (Å²) in [7, 11) is 0. The SMILES string of the molecule is CC(C)(C)OC(=O)N1CCn2nc(CO)c(I)c2C1. The summed E-state index contributed by atoms with van der Waals surface area (Å²) in [5.74, 6) is 0. The van der Waals surface area contributed by atoms with E-state index in [4.69, 9.17) is 4.74 Å². The van der Waals surface area contributed by atoms with Crippen LogP contribution in [-0.2, 0) is 24.4 Å². The standard InChI is InChI=1S/C12H18IN3O3/c1-12(2,3)19-11(18)15-4-5-16-9(6-15)10(13)8(7-17)14-16/h17H,4-7H2,1-3H3. The molecular formula is C12H18IN3O3. The van der Waals surface area contributed by atoms with Gasteiger partial charge in [-0.1, -0.05) is 0 Å². The Morgan fingerprint density at radius 2 is 2.16 bits per heavy atom. The number of amides is 1. The van der Waals surface area contributed by atoms with Crippen molar-refractivity contribution in [3.8, 4) is 0 Å². The zero-order valence-electron chi connectivity index (χ0n) is 11.3. The van der Waals surface area contributed by atoms with E-state index in [1.165, 1.54) is 0 Å². The Balaban J connectivity index is 2.13. The molecule has 0 fully saturated rings. The lowest BCUT2D eigenvalue weighted by molar-refractivity contribution is 0.0193. The molecular weight excluding hydrogens is 361 g/mol. The number of hydrogen-bond donors (Lipinski definition) is 1. The van der Waals surface area contributed by atoms with Crippen molar-refractivity contribution in [2.24, 2.45) is 0 Å². The second-order valence-corrected chi connectivity index (χ2v) is 6.57. The summed E-state index contributed by atoms with van der Waals surface area (Å²) < 4.78 is 8.15. The van der Waals surface area contributed by atoms with Gasteiger partial charge in [0.2, 0.25) is 0 Å². The Hall–Kier alpha value is -0.830. The summed E-state index contributed by atoms with van der Waals surface area (Å²) in [4.78, 5) is 13.7. The first-order valence-electron chi connectivity index (χ1n) is 6.14. The number of carbonyl (C=O) groups excluding carboxylic acids is 1. The Bertz CT molecular complexity index is 493. The maximum absolute atomic E-state index is 12.0. The second kappa shape index (κ2) is 5.28. The van der Waals surface area contributed by atoms with Crippen LogP contribution in [0.3, 0.4) is 0 Å². The normalized spacial score (nSPS) is 15.3. The average molecular weight is 379 g/mol. The quantitative estimate of drug-likeness (QED) is 0.755. The molecule has 106 valence electrons. The molecule has 7 heteroatoms. The second-order valence-electron chi connectivity index (χ2n) is 5.49. The van der Waals surface area contributed by atoms with Crippen LogP contribution in [0.1, 0.15) is 32.2 Å². The van der Waals surface area contributed by atoms with E-state index in [9.17, 15) is 9.90 Å². The highest BCUT2D eigenvalue weighted by molar-refractivity contribution is 14.1. The number of rotatable bonds is 1. The fourth-order valence-electron chi connectivity index (χ4n) is 1.92. The Morgan fingerprint density at radius 3 is 2.74 bits per heavy atom. The van der Waals surface area contributed by atoms with E-state index >= 15 is 0 Å². The number of ether oxygens (including phenoxy) is 1. The first-order valence-corrected chi connectivity index (χ1v) is 7.22. The molecule has 0 spiro atoms. The molecule has 1 aliphatic rings. The van der Waals surface area contributed by atoms with Gasteiger partial charge in [-0.25, -0.2) is 4.79 Å². The van der Waals surface area contributed by atoms with Gasteiger partial charge >= 0.3 is 6.09 Å². The number of carbonyl (C=O) groups is 1. The molecule has 6 nitrogen and oxygen atoms in total. The van der Waals surface area contributed by atoms with Crippen molar-refractivity contribution in [3.63, 3.8) is 0 Å². The Labute approximate surface area is 125 Å². The van der Waals surface area contributed by atoms with Crippen molar-refractivity contribution in [3.05, 3.63) is 15.0 Å². The molecule has 19 heavy (non-hydrogen) atoms. The fraction of sp³-hybridized carbons (Fsp3) is 0.667. The molecule has 0 radical (unpaired) electrons. The van der Waals surface area contributed by atoms with Crippen LogP contribution in [0.2, 0.25) is 0 Å². The van der Waals surface area contributed by atoms with Crippen LogP contribution in [0.15, 0.2) is 0 Å². The molecule has 2 rings (SSSR count). The number of hydrogen-bond acceptors (Lipinski definition) is 4. The molecule has 1 aliphatic heterocycles. The number of aliphatic hydroxyl groups is 1. The Morgan fingerprint density at radius 1 is 1.47 bits per heavy atom. The van der Waals surface area contributed by atoms with E-state index in [-0.39, 0.29) is 12.7 Å². The first kappa shape index (κ1) is 14.6. The average Bonchev–Trinajstić information content (AvgIpc) is 2.63. The van der Waals surface area contributed by atoms with Gasteiger partial charge in [0.1, 0.15) is 11.3 Å². The van der Waals surface area contributed by atoms with Gasteiger partial charge in [0.05, 0.1) is 29.0 Å². The molecule has 1 aromatic heterocycles. The molecule has 0 bridgehead atoms. The number of nitrogens with zero attached hydrogens (tertiary/aromatic N) is 3. The van der Waals surface area contributed by atoms with Crippen molar-refractivity contribution in [1.29, 1.82) is 0 Å². The van der Waals surface area contributed by atoms with Crippen LogP contribution in [0.5, 0.6) is 0 Å². The van der Waals surface area contributed by atoms with Crippen LogP contribution in [0.4, 0.5) is 4.79 Å². The predicted molar refractivity (Wildman–Crippen MR) is 77.5 cm³/mol. The minimum atomic E-state index is -0.488. The summed E-state index contributed by atoms with van der Waals surface area (Å²) >= 11 is 2.16. The zero-order valence-corrected chi connectivity index (χ0v) is 13.5. The lowest BCUT2D eigenvalue weighted by atomic mass is 10.2. The third kappa shape index (κ3) is 3.19. The fourth-order valence-corrected chi connectivity index (χ4v) is 2.65. The van der Waals surface area contributed by atoms with Crippen molar-refractivity contribution < 1.29 is 14.6 Å². The highest BCUT2D eigenvalue weighted by Gasteiger charge is 2.28. The number of aromatic nitrogens is 2. The smallest absolute Gasteiger partial charge is 0.410 e. The molecule has 1 N–H and O–H groups in total. The summed E-state index contributed by atoms with van der Waals surface area (Å²) in [6.45, 7) is 7.16. The number of fused-ring (bicyclic) bond motifs is 1. The van der Waals surface area contributed by atoms with E-state index < -0.39 is 5.60 Å². The van der Waals surface area contributed by atoms with Gasteiger partial charge in [-0.15, -0.1) is 0 Å². The third-order valence-corrected chi connectivity index (χ3v) is 4.03. The molecule has 1 aromatic rings. The summed E-state index contributed by atoms with van der Waals surface area (Å²) in [5, 5.41) is 13.5. The zero-order chi connectivity index (χ0) is 14.2. The van der Waals surface area contributed by atoms with Crippen LogP contribution in [-0.4, -0.2) is 38.0 Å². The van der Waals surface area contributed by atoms with Gasteiger partial charge in [-0.3, -0.25) is 4.68 Å². The van der Waals surface area contributed by atoms with Crippen molar-refractivity contribution in [2.75, 3.05) is 6.54 Å². The van der Waals surface area contributed by atoms with Gasteiger partial charge in [-0.05, 0) is 43.4 Å².